The summed E-state index contributed by atoms with van der Waals surface area (Å²) in [5.41, 5.74) is 0.968. The van der Waals surface area contributed by atoms with Crippen molar-refractivity contribution < 1.29 is 0 Å². The van der Waals surface area contributed by atoms with Crippen molar-refractivity contribution in [1.29, 1.82) is 0 Å². The lowest BCUT2D eigenvalue weighted by molar-refractivity contribution is 0.162. The minimum atomic E-state index is 0.563. The van der Waals surface area contributed by atoms with Gasteiger partial charge in [-0.2, -0.15) is 0 Å². The first-order valence-corrected chi connectivity index (χ1v) is 8.47. The Morgan fingerprint density at radius 3 is 2.79 bits per heavy atom. The fourth-order valence-corrected chi connectivity index (χ4v) is 4.24. The van der Waals surface area contributed by atoms with Gasteiger partial charge in [-0.25, -0.2) is 4.98 Å². The van der Waals surface area contributed by atoms with Gasteiger partial charge in [-0.1, -0.05) is 37.3 Å². The number of pyridine rings is 1. The maximum atomic E-state index is 6.16. The molecule has 4 heteroatoms. The molecule has 0 aliphatic heterocycles. The van der Waals surface area contributed by atoms with E-state index in [4.69, 9.17) is 11.6 Å². The maximum absolute atomic E-state index is 6.16. The molecule has 2 nitrogen and oxygen atoms in total. The first-order chi connectivity index (χ1) is 9.22. The highest BCUT2D eigenvalue weighted by molar-refractivity contribution is 9.10. The number of hydrogen-bond acceptors (Lipinski definition) is 2. The van der Waals surface area contributed by atoms with E-state index in [1.165, 1.54) is 44.9 Å². The number of fused-ring (bicyclic) bond motifs is 1. The lowest BCUT2D eigenvalue weighted by atomic mass is 9.69. The molecule has 0 spiro atoms. The molecule has 3 rings (SSSR count). The molecule has 3 atom stereocenters. The van der Waals surface area contributed by atoms with E-state index in [0.717, 1.165) is 22.0 Å². The van der Waals surface area contributed by atoms with E-state index in [1.54, 1.807) is 6.20 Å². The highest BCUT2D eigenvalue weighted by Crippen LogP contribution is 2.41. The summed E-state index contributed by atoms with van der Waals surface area (Å²) in [7, 11) is 0. The SMILES string of the molecule is Clc1ncc(Br)cc1NC1CCC2CCCCC2C1. The van der Waals surface area contributed by atoms with E-state index in [2.05, 4.69) is 26.2 Å². The van der Waals surface area contributed by atoms with Crippen LogP contribution < -0.4 is 5.32 Å². The Kier molecular flexibility index (Phi) is 4.33. The minimum Gasteiger partial charge on any atom is -0.380 e. The van der Waals surface area contributed by atoms with Crippen LogP contribution >= 0.6 is 27.5 Å². The smallest absolute Gasteiger partial charge is 0.152 e. The van der Waals surface area contributed by atoms with Crippen molar-refractivity contribution in [3.05, 3.63) is 21.9 Å². The van der Waals surface area contributed by atoms with Gasteiger partial charge in [-0.3, -0.25) is 0 Å². The third kappa shape index (κ3) is 3.25. The fraction of sp³-hybridized carbons (Fsp3) is 0.667. The molecule has 2 aliphatic carbocycles. The summed E-state index contributed by atoms with van der Waals surface area (Å²) in [6.45, 7) is 0. The van der Waals surface area contributed by atoms with Gasteiger partial charge >= 0.3 is 0 Å². The summed E-state index contributed by atoms with van der Waals surface area (Å²) in [5, 5.41) is 4.18. The van der Waals surface area contributed by atoms with E-state index in [1.807, 2.05) is 6.07 Å². The first-order valence-electron chi connectivity index (χ1n) is 7.30. The number of halogens is 2. The molecule has 0 radical (unpaired) electrons. The van der Waals surface area contributed by atoms with Gasteiger partial charge in [0.05, 0.1) is 5.69 Å². The average Bonchev–Trinajstić information content (AvgIpc) is 2.43. The molecule has 0 aromatic carbocycles. The second-order valence-corrected chi connectivity index (χ2v) is 7.22. The summed E-state index contributed by atoms with van der Waals surface area (Å²) in [6, 6.07) is 2.59. The van der Waals surface area contributed by atoms with Gasteiger partial charge in [0, 0.05) is 16.7 Å². The van der Waals surface area contributed by atoms with Gasteiger partial charge in [0.15, 0.2) is 5.15 Å². The number of rotatable bonds is 2. The molecule has 2 fully saturated rings. The molecule has 1 heterocycles. The number of anilines is 1. The molecule has 1 aromatic rings. The van der Waals surface area contributed by atoms with Crippen molar-refractivity contribution in [2.75, 3.05) is 5.32 Å². The number of hydrogen-bond donors (Lipinski definition) is 1. The molecule has 19 heavy (non-hydrogen) atoms. The normalized spacial score (nSPS) is 30.7. The zero-order valence-corrected chi connectivity index (χ0v) is 13.4. The molecule has 2 saturated carbocycles. The molecular weight excluding hydrogens is 324 g/mol. The van der Waals surface area contributed by atoms with Crippen molar-refractivity contribution in [3.8, 4) is 0 Å². The standard InChI is InChI=1S/C15H20BrClN2/c16-12-8-14(15(17)18-9-12)19-13-6-5-10-3-1-2-4-11(10)7-13/h8-11,13,19H,1-7H2. The van der Waals surface area contributed by atoms with Crippen molar-refractivity contribution in [2.45, 2.75) is 51.0 Å². The van der Waals surface area contributed by atoms with Gasteiger partial charge in [0.2, 0.25) is 0 Å². The van der Waals surface area contributed by atoms with Gasteiger partial charge in [-0.05, 0) is 53.1 Å². The van der Waals surface area contributed by atoms with Crippen LogP contribution in [0.4, 0.5) is 5.69 Å². The van der Waals surface area contributed by atoms with E-state index >= 15 is 0 Å². The van der Waals surface area contributed by atoms with Crippen molar-refractivity contribution in [1.82, 2.24) is 4.98 Å². The maximum Gasteiger partial charge on any atom is 0.152 e. The van der Waals surface area contributed by atoms with Gasteiger partial charge in [0.25, 0.3) is 0 Å². The fourth-order valence-electron chi connectivity index (χ4n) is 3.75. The topological polar surface area (TPSA) is 24.9 Å². The van der Waals surface area contributed by atoms with E-state index < -0.39 is 0 Å². The second-order valence-electron chi connectivity index (χ2n) is 5.95. The van der Waals surface area contributed by atoms with E-state index in [-0.39, 0.29) is 0 Å². The Labute approximate surface area is 128 Å². The van der Waals surface area contributed by atoms with Crippen LogP contribution in [0.2, 0.25) is 5.15 Å². The Bertz CT molecular complexity index is 452. The van der Waals surface area contributed by atoms with Gasteiger partial charge in [0.1, 0.15) is 0 Å². The number of nitrogens with zero attached hydrogens (tertiary/aromatic N) is 1. The predicted molar refractivity (Wildman–Crippen MR) is 83.7 cm³/mol. The quantitative estimate of drug-likeness (QED) is 0.740. The third-order valence-electron chi connectivity index (χ3n) is 4.71. The summed E-state index contributed by atoms with van der Waals surface area (Å²) in [5.74, 6) is 1.92. The zero-order valence-electron chi connectivity index (χ0n) is 11.0. The predicted octanol–water partition coefficient (Wildman–Crippen LogP) is 5.27. The summed E-state index contributed by atoms with van der Waals surface area (Å²) >= 11 is 9.61. The van der Waals surface area contributed by atoms with Crippen molar-refractivity contribution in [2.24, 2.45) is 11.8 Å². The van der Waals surface area contributed by atoms with Gasteiger partial charge < -0.3 is 5.32 Å². The Morgan fingerprint density at radius 2 is 1.95 bits per heavy atom. The lowest BCUT2D eigenvalue weighted by Crippen LogP contribution is -2.34. The Balaban J connectivity index is 1.65. The highest BCUT2D eigenvalue weighted by Gasteiger charge is 2.32. The molecule has 0 saturated heterocycles. The number of nitrogens with one attached hydrogen (secondary N) is 1. The summed E-state index contributed by atoms with van der Waals surface area (Å²) < 4.78 is 0.978. The van der Waals surface area contributed by atoms with Crippen LogP contribution in [-0.4, -0.2) is 11.0 Å². The Hall–Kier alpha value is -0.280. The van der Waals surface area contributed by atoms with Crippen LogP contribution in [0.15, 0.2) is 16.7 Å². The lowest BCUT2D eigenvalue weighted by Gasteiger charge is -2.39. The monoisotopic (exact) mass is 342 g/mol. The second kappa shape index (κ2) is 6.01. The molecule has 2 aliphatic rings. The van der Waals surface area contributed by atoms with Gasteiger partial charge in [-0.15, -0.1) is 0 Å². The molecule has 104 valence electrons. The molecule has 1 N–H and O–H groups in total. The van der Waals surface area contributed by atoms with Crippen LogP contribution in [0.5, 0.6) is 0 Å². The molecule has 0 amide bonds. The zero-order chi connectivity index (χ0) is 13.2. The van der Waals surface area contributed by atoms with Crippen molar-refractivity contribution in [3.63, 3.8) is 0 Å². The van der Waals surface area contributed by atoms with Crippen molar-refractivity contribution >= 4 is 33.2 Å². The van der Waals surface area contributed by atoms with Crippen LogP contribution in [0.3, 0.4) is 0 Å². The van der Waals surface area contributed by atoms with E-state index in [0.29, 0.717) is 11.2 Å². The molecular formula is C15H20BrClN2. The van der Waals surface area contributed by atoms with E-state index in [9.17, 15) is 0 Å². The largest absolute Gasteiger partial charge is 0.380 e. The van der Waals surface area contributed by atoms with Crippen LogP contribution in [0.25, 0.3) is 0 Å². The van der Waals surface area contributed by atoms with Crippen LogP contribution in [0, 0.1) is 11.8 Å². The summed E-state index contributed by atoms with van der Waals surface area (Å²) in [4.78, 5) is 4.18. The summed E-state index contributed by atoms with van der Waals surface area (Å²) in [6.07, 6.45) is 11.4. The molecule has 1 aromatic heterocycles. The third-order valence-corrected chi connectivity index (χ3v) is 5.44. The van der Waals surface area contributed by atoms with Crippen LogP contribution in [0.1, 0.15) is 44.9 Å². The van der Waals surface area contributed by atoms with Crippen LogP contribution in [-0.2, 0) is 0 Å². The Morgan fingerprint density at radius 1 is 1.16 bits per heavy atom. The highest BCUT2D eigenvalue weighted by atomic mass is 79.9. The number of aromatic nitrogens is 1. The molecule has 3 unspecified atom stereocenters. The average molecular weight is 344 g/mol. The molecule has 0 bridgehead atoms. The minimum absolute atomic E-state index is 0.563. The first kappa shape index (κ1) is 13.7.